The Bertz CT molecular complexity index is 1600. The summed E-state index contributed by atoms with van der Waals surface area (Å²) in [6, 6.07) is 16.9. The Morgan fingerprint density at radius 3 is 2.20 bits per heavy atom. The van der Waals surface area contributed by atoms with Gasteiger partial charge in [-0.3, -0.25) is 28.8 Å². The number of halogens is 2. The number of aryl methyl sites for hydroxylation is 1. The number of amides is 4. The average molecular weight is 692 g/mol. The summed E-state index contributed by atoms with van der Waals surface area (Å²) in [5, 5.41) is 12.6. The van der Waals surface area contributed by atoms with Crippen LogP contribution in [-0.4, -0.2) is 87.4 Å². The highest BCUT2D eigenvalue weighted by Crippen LogP contribution is 2.37. The second-order valence-corrected chi connectivity index (χ2v) is 13.1. The van der Waals surface area contributed by atoms with Gasteiger partial charge in [-0.05, 0) is 55.0 Å². The van der Waals surface area contributed by atoms with Gasteiger partial charge in [0.2, 0.25) is 23.6 Å². The first kappa shape index (κ1) is 36.6. The van der Waals surface area contributed by atoms with E-state index in [0.29, 0.717) is 25.3 Å². The number of carbonyl (C=O) groups excluding carboxylic acids is 4. The summed E-state index contributed by atoms with van der Waals surface area (Å²) in [6.07, 6.45) is 1.50. The normalized spacial score (nSPS) is 17.8. The van der Waals surface area contributed by atoms with Gasteiger partial charge in [0.1, 0.15) is 17.8 Å². The lowest BCUT2D eigenvalue weighted by molar-refractivity contribution is -0.138. The first-order valence-electron chi connectivity index (χ1n) is 17.5. The van der Waals surface area contributed by atoms with Crippen LogP contribution in [0, 0.1) is 5.92 Å². The van der Waals surface area contributed by atoms with Gasteiger partial charge in [-0.1, -0.05) is 49.4 Å². The molecule has 2 fully saturated rings. The first-order chi connectivity index (χ1) is 24.0. The third-order valence-corrected chi connectivity index (χ3v) is 9.60. The summed E-state index contributed by atoms with van der Waals surface area (Å²) in [5.74, 6) is -4.61. The van der Waals surface area contributed by atoms with Crippen LogP contribution in [0.2, 0.25) is 0 Å². The molecular weight excluding hydrogens is 644 g/mol. The van der Waals surface area contributed by atoms with Gasteiger partial charge in [0.05, 0.1) is 0 Å². The maximum atomic E-state index is 14.0. The van der Waals surface area contributed by atoms with Crippen molar-refractivity contribution < 1.29 is 28.0 Å². The highest BCUT2D eigenvalue weighted by Gasteiger charge is 2.40. The predicted octanol–water partition coefficient (Wildman–Crippen LogP) is 4.25. The van der Waals surface area contributed by atoms with E-state index in [1.807, 2.05) is 25.1 Å². The number of carbonyl (C=O) groups is 4. The van der Waals surface area contributed by atoms with Crippen LogP contribution < -0.4 is 16.0 Å². The second kappa shape index (κ2) is 16.8. The van der Waals surface area contributed by atoms with E-state index in [4.69, 9.17) is 0 Å². The first-order valence-corrected chi connectivity index (χ1v) is 17.5. The molecule has 1 saturated carbocycles. The Labute approximate surface area is 291 Å². The molecule has 50 heavy (non-hydrogen) atoms. The van der Waals surface area contributed by atoms with E-state index in [-0.39, 0.29) is 56.0 Å². The molecule has 5 rings (SSSR count). The SMILES string of the molecule is CCC(=O)NC(Cc1ccc(NC(=O)[C@@H](NC(=O)c2ccnn2CC)C2CCC(F)(F)CC2)cc1)C(=O)N1CCN(Cc2ccccc2)CC1. The molecule has 4 amide bonds. The number of nitrogens with one attached hydrogen (secondary N) is 3. The fourth-order valence-corrected chi connectivity index (χ4v) is 6.65. The molecular formula is C37H47F2N7O4. The van der Waals surface area contributed by atoms with E-state index in [1.54, 1.807) is 42.2 Å². The number of hydrogen-bond donors (Lipinski definition) is 3. The molecule has 13 heteroatoms. The van der Waals surface area contributed by atoms with Gasteiger partial charge in [-0.15, -0.1) is 0 Å². The number of hydrogen-bond acceptors (Lipinski definition) is 6. The molecule has 2 aliphatic rings. The van der Waals surface area contributed by atoms with Gasteiger partial charge >= 0.3 is 0 Å². The molecule has 3 N–H and O–H groups in total. The molecule has 0 bridgehead atoms. The Hall–Kier alpha value is -4.65. The maximum absolute atomic E-state index is 14.0. The van der Waals surface area contributed by atoms with Crippen LogP contribution >= 0.6 is 0 Å². The topological polar surface area (TPSA) is 129 Å². The van der Waals surface area contributed by atoms with Crippen LogP contribution in [0.1, 0.15) is 67.6 Å². The smallest absolute Gasteiger partial charge is 0.270 e. The van der Waals surface area contributed by atoms with Crippen LogP contribution in [0.5, 0.6) is 0 Å². The molecule has 1 unspecified atom stereocenters. The third-order valence-electron chi connectivity index (χ3n) is 9.60. The van der Waals surface area contributed by atoms with Crippen LogP contribution in [-0.2, 0) is 33.9 Å². The van der Waals surface area contributed by atoms with Crippen molar-refractivity contribution in [2.45, 2.75) is 83.5 Å². The zero-order chi connectivity index (χ0) is 35.7. The Kier molecular flexibility index (Phi) is 12.3. The van der Waals surface area contributed by atoms with Gasteiger partial charge in [0.25, 0.3) is 5.91 Å². The predicted molar refractivity (Wildman–Crippen MR) is 185 cm³/mol. The van der Waals surface area contributed by atoms with Gasteiger partial charge in [-0.25, -0.2) is 8.78 Å². The van der Waals surface area contributed by atoms with Crippen LogP contribution in [0.25, 0.3) is 0 Å². The minimum absolute atomic E-state index is 0.0956. The summed E-state index contributed by atoms with van der Waals surface area (Å²) in [4.78, 5) is 57.0. The highest BCUT2D eigenvalue weighted by molar-refractivity contribution is 6.00. The molecule has 1 aliphatic carbocycles. The second-order valence-electron chi connectivity index (χ2n) is 13.1. The average Bonchev–Trinajstić information content (AvgIpc) is 3.61. The summed E-state index contributed by atoms with van der Waals surface area (Å²) in [7, 11) is 0. The van der Waals surface area contributed by atoms with Crippen molar-refractivity contribution in [3.8, 4) is 0 Å². The number of rotatable bonds is 13. The zero-order valence-corrected chi connectivity index (χ0v) is 28.7. The van der Waals surface area contributed by atoms with E-state index >= 15 is 0 Å². The number of nitrogens with zero attached hydrogens (tertiary/aromatic N) is 4. The number of piperazine rings is 1. The van der Waals surface area contributed by atoms with Crippen molar-refractivity contribution in [1.29, 1.82) is 0 Å². The Balaban J connectivity index is 1.22. The lowest BCUT2D eigenvalue weighted by Gasteiger charge is -2.36. The van der Waals surface area contributed by atoms with E-state index in [0.717, 1.165) is 25.2 Å². The molecule has 0 radical (unpaired) electrons. The maximum Gasteiger partial charge on any atom is 0.270 e. The van der Waals surface area contributed by atoms with Crippen molar-refractivity contribution in [2.75, 3.05) is 31.5 Å². The summed E-state index contributed by atoms with van der Waals surface area (Å²) >= 11 is 0. The summed E-state index contributed by atoms with van der Waals surface area (Å²) in [5.41, 5.74) is 2.74. The number of benzene rings is 2. The Morgan fingerprint density at radius 2 is 1.56 bits per heavy atom. The summed E-state index contributed by atoms with van der Waals surface area (Å²) in [6.45, 7) is 7.43. The third kappa shape index (κ3) is 9.74. The van der Waals surface area contributed by atoms with Crippen molar-refractivity contribution in [2.24, 2.45) is 5.92 Å². The fraction of sp³-hybridized carbons (Fsp3) is 0.486. The lowest BCUT2D eigenvalue weighted by Crippen LogP contribution is -2.55. The monoisotopic (exact) mass is 691 g/mol. The van der Waals surface area contributed by atoms with Crippen molar-refractivity contribution in [3.63, 3.8) is 0 Å². The van der Waals surface area contributed by atoms with Crippen molar-refractivity contribution in [3.05, 3.63) is 83.7 Å². The number of anilines is 1. The zero-order valence-electron chi connectivity index (χ0n) is 28.7. The van der Waals surface area contributed by atoms with Crippen LogP contribution in [0.4, 0.5) is 14.5 Å². The minimum Gasteiger partial charge on any atom is -0.344 e. The molecule has 268 valence electrons. The minimum atomic E-state index is -2.79. The van der Waals surface area contributed by atoms with Crippen molar-refractivity contribution in [1.82, 2.24) is 30.2 Å². The quantitative estimate of drug-likeness (QED) is 0.246. The Morgan fingerprint density at radius 1 is 0.880 bits per heavy atom. The molecule has 2 heterocycles. The molecule has 1 saturated heterocycles. The van der Waals surface area contributed by atoms with E-state index in [2.05, 4.69) is 38.1 Å². The molecule has 1 aromatic heterocycles. The van der Waals surface area contributed by atoms with Crippen LogP contribution in [0.15, 0.2) is 66.9 Å². The molecule has 1 aliphatic heterocycles. The molecule has 3 aromatic rings. The standard InChI is InChI=1S/C37H47F2N7O4/c1-3-32(47)42-30(36(50)45-22-20-44(21-23-45)25-27-8-6-5-7-9-27)24-26-10-12-29(13-11-26)41-35(49)33(28-14-17-37(38,39)18-15-28)43-34(48)31-16-19-40-46(31)4-2/h5-13,16,19,28,30,33H,3-4,14-15,17-18,20-25H2,1-2H3,(H,41,49)(H,42,47)(H,43,48)/t30?,33-/m0/s1. The van der Waals surface area contributed by atoms with Gasteiger partial charge in [-0.2, -0.15) is 5.10 Å². The largest absolute Gasteiger partial charge is 0.344 e. The fourth-order valence-electron chi connectivity index (χ4n) is 6.65. The number of aromatic nitrogens is 2. The van der Waals surface area contributed by atoms with E-state index in [1.165, 1.54) is 16.4 Å². The molecule has 0 spiro atoms. The molecule has 2 aromatic carbocycles. The lowest BCUT2D eigenvalue weighted by atomic mass is 9.81. The highest BCUT2D eigenvalue weighted by atomic mass is 19.3. The van der Waals surface area contributed by atoms with Gasteiger partial charge in [0.15, 0.2) is 0 Å². The van der Waals surface area contributed by atoms with Crippen molar-refractivity contribution >= 4 is 29.3 Å². The van der Waals surface area contributed by atoms with Gasteiger partial charge < -0.3 is 20.9 Å². The molecule has 2 atom stereocenters. The van der Waals surface area contributed by atoms with Gasteiger partial charge in [0, 0.05) is 76.8 Å². The van der Waals surface area contributed by atoms with E-state index in [9.17, 15) is 28.0 Å². The number of alkyl halides is 2. The molecule has 11 nitrogen and oxygen atoms in total. The summed E-state index contributed by atoms with van der Waals surface area (Å²) < 4.78 is 29.5. The van der Waals surface area contributed by atoms with Crippen LogP contribution in [0.3, 0.4) is 0 Å². The van der Waals surface area contributed by atoms with E-state index < -0.39 is 35.7 Å².